The third kappa shape index (κ3) is 8.77. The van der Waals surface area contributed by atoms with Crippen molar-refractivity contribution in [1.29, 1.82) is 0 Å². The van der Waals surface area contributed by atoms with E-state index < -0.39 is 20.8 Å². The smallest absolute Gasteiger partial charge is 0 e. The standard InChI is InChI=1S/2C14H17.2CH3.2ClH.Si.Zr/c2*1-9(2)12-6-5-11(4)13-7-10(3)8-14(12)13;;;;;;/h2*5-9H,1-4H3;2*1H3;2*1H;;/q4*-1;;;;+2/p-2. The third-order valence-corrected chi connectivity index (χ3v) is 5.81. The second kappa shape index (κ2) is 16.2. The van der Waals surface area contributed by atoms with Gasteiger partial charge in [0.1, 0.15) is 0 Å². The Morgan fingerprint density at radius 1 is 0.647 bits per heavy atom. The van der Waals surface area contributed by atoms with Gasteiger partial charge >= 0.3 is 37.9 Å². The summed E-state index contributed by atoms with van der Waals surface area (Å²) in [5, 5.41) is 5.73. The van der Waals surface area contributed by atoms with Crippen LogP contribution < -0.4 is 0 Å². The molecule has 0 bridgehead atoms. The van der Waals surface area contributed by atoms with E-state index >= 15 is 0 Å². The van der Waals surface area contributed by atoms with Gasteiger partial charge < -0.3 is 14.9 Å². The van der Waals surface area contributed by atoms with Gasteiger partial charge in [-0.2, -0.15) is 12.1 Å². The second-order valence-electron chi connectivity index (χ2n) is 9.04. The maximum Gasteiger partial charge on any atom is 0 e. The molecule has 0 fully saturated rings. The van der Waals surface area contributed by atoms with Crippen LogP contribution in [0.3, 0.4) is 0 Å². The van der Waals surface area contributed by atoms with Gasteiger partial charge in [0.05, 0.1) is 0 Å². The quantitative estimate of drug-likeness (QED) is 0.161. The summed E-state index contributed by atoms with van der Waals surface area (Å²) in [6, 6.07) is 18.2. The summed E-state index contributed by atoms with van der Waals surface area (Å²) in [6.45, 7) is 17.7. The monoisotopic (exact) mass is 588 g/mol. The van der Waals surface area contributed by atoms with Crippen LogP contribution in [0.25, 0.3) is 21.5 Å². The molecule has 0 heterocycles. The van der Waals surface area contributed by atoms with Crippen LogP contribution in [0.2, 0.25) is 0 Å². The van der Waals surface area contributed by atoms with Gasteiger partial charge in [0.15, 0.2) is 0 Å². The minimum absolute atomic E-state index is 0. The van der Waals surface area contributed by atoms with E-state index in [1.807, 2.05) is 0 Å². The third-order valence-electron chi connectivity index (χ3n) is 5.81. The molecule has 0 unspecified atom stereocenters. The Labute approximate surface area is 232 Å². The number of aryl methyl sites for hydroxylation is 4. The summed E-state index contributed by atoms with van der Waals surface area (Å²) in [4.78, 5) is 0. The Morgan fingerprint density at radius 3 is 1.21 bits per heavy atom. The predicted octanol–water partition coefficient (Wildman–Crippen LogP) is 10.5. The van der Waals surface area contributed by atoms with Crippen LogP contribution in [-0.2, 0) is 20.8 Å². The summed E-state index contributed by atoms with van der Waals surface area (Å²) in [5.41, 5.74) is 8.46. The zero-order valence-electron chi connectivity index (χ0n) is 22.5. The number of rotatable bonds is 2. The van der Waals surface area contributed by atoms with Crippen molar-refractivity contribution in [2.75, 3.05) is 0 Å². The molecule has 186 valence electrons. The van der Waals surface area contributed by atoms with Crippen molar-refractivity contribution in [2.24, 2.45) is 0 Å². The van der Waals surface area contributed by atoms with E-state index in [-0.39, 0.29) is 25.8 Å². The van der Waals surface area contributed by atoms with Crippen molar-refractivity contribution in [3.05, 3.63) is 96.8 Å². The topological polar surface area (TPSA) is 0 Å². The molecule has 4 aromatic carbocycles. The number of hydrogen-bond donors (Lipinski definition) is 0. The largest absolute Gasteiger partial charge is 0 e. The van der Waals surface area contributed by atoms with E-state index in [1.165, 1.54) is 54.9 Å². The first kappa shape index (κ1) is 35.5. The Kier molecular flexibility index (Phi) is 16.9. The molecule has 0 spiro atoms. The second-order valence-corrected chi connectivity index (χ2v) is 12.8. The molecule has 0 nitrogen and oxygen atoms in total. The molecule has 0 saturated heterocycles. The maximum atomic E-state index is 4.93. The van der Waals surface area contributed by atoms with Crippen molar-refractivity contribution < 1.29 is 20.8 Å². The minimum atomic E-state index is -0.826. The summed E-state index contributed by atoms with van der Waals surface area (Å²) >= 11 is -0.826. The van der Waals surface area contributed by atoms with Crippen LogP contribution in [0.5, 0.6) is 0 Å². The Hall–Kier alpha value is -0.660. The molecule has 4 aromatic rings. The molecule has 0 aromatic heterocycles. The summed E-state index contributed by atoms with van der Waals surface area (Å²) in [5.74, 6) is 1.22. The average molecular weight is 591 g/mol. The molecule has 34 heavy (non-hydrogen) atoms. The molecule has 0 saturated carbocycles. The first-order chi connectivity index (χ1) is 14.6. The van der Waals surface area contributed by atoms with Gasteiger partial charge in [0, 0.05) is 11.0 Å². The molecular weight excluding hydrogens is 551 g/mol. The van der Waals surface area contributed by atoms with E-state index in [9.17, 15) is 0 Å². The zero-order valence-corrected chi connectivity index (χ0v) is 27.5. The van der Waals surface area contributed by atoms with Crippen LogP contribution in [-0.4, -0.2) is 11.0 Å². The first-order valence-electron chi connectivity index (χ1n) is 10.9. The van der Waals surface area contributed by atoms with Gasteiger partial charge in [-0.15, -0.1) is 68.1 Å². The molecule has 0 aliphatic heterocycles. The number of fused-ring (bicyclic) bond motifs is 2. The molecule has 0 atom stereocenters. The molecular formula is C30H40Cl2SiZr-4. The van der Waals surface area contributed by atoms with E-state index in [1.54, 1.807) is 0 Å². The fraction of sp³-hybridized carbons (Fsp3) is 0.333. The van der Waals surface area contributed by atoms with Crippen LogP contribution in [0.4, 0.5) is 0 Å². The van der Waals surface area contributed by atoms with Crippen LogP contribution in [0.15, 0.2) is 48.5 Å². The van der Waals surface area contributed by atoms with Crippen molar-refractivity contribution in [1.82, 2.24) is 0 Å². The SMILES string of the molecule is Cc1cc2c(C(C)C)ccc(C)c2[cH-]1.Cc1cc2c(C(C)C)ccc(C)c2[cH-]1.[CH3-].[CH3-].[Cl][Zr][Cl].[Si]. The first-order valence-corrected chi connectivity index (χ1v) is 17.2. The Morgan fingerprint density at radius 2 is 0.941 bits per heavy atom. The number of benzene rings is 2. The average Bonchev–Trinajstić information content (AvgIpc) is 3.26. The molecule has 4 radical (unpaired) electrons. The minimum Gasteiger partial charge on any atom is 0 e. The van der Waals surface area contributed by atoms with Crippen molar-refractivity contribution in [3.63, 3.8) is 0 Å². The van der Waals surface area contributed by atoms with Gasteiger partial charge in [-0.25, -0.2) is 0 Å². The molecule has 0 aliphatic carbocycles. The van der Waals surface area contributed by atoms with E-state index in [2.05, 4.69) is 104 Å². The molecule has 4 rings (SSSR count). The van der Waals surface area contributed by atoms with Gasteiger partial charge in [0.2, 0.25) is 0 Å². The van der Waals surface area contributed by atoms with Gasteiger partial charge in [-0.3, -0.25) is 0 Å². The zero-order chi connectivity index (χ0) is 23.3. The number of hydrogen-bond acceptors (Lipinski definition) is 0. The normalized spacial score (nSPS) is 9.88. The van der Waals surface area contributed by atoms with Crippen LogP contribution in [0, 0.1) is 42.5 Å². The van der Waals surface area contributed by atoms with E-state index in [0.29, 0.717) is 11.8 Å². The summed E-state index contributed by atoms with van der Waals surface area (Å²) in [6.07, 6.45) is 0. The Balaban J connectivity index is 0. The van der Waals surface area contributed by atoms with Gasteiger partial charge in [-0.05, 0) is 11.8 Å². The maximum absolute atomic E-state index is 4.93. The molecule has 0 aliphatic rings. The fourth-order valence-corrected chi connectivity index (χ4v) is 4.23. The number of halogens is 2. The predicted molar refractivity (Wildman–Crippen MR) is 156 cm³/mol. The van der Waals surface area contributed by atoms with Gasteiger partial charge in [0.25, 0.3) is 0 Å². The fourth-order valence-electron chi connectivity index (χ4n) is 4.23. The van der Waals surface area contributed by atoms with Crippen LogP contribution in [0.1, 0.15) is 72.9 Å². The van der Waals surface area contributed by atoms with Crippen molar-refractivity contribution >= 4 is 49.5 Å². The van der Waals surface area contributed by atoms with Gasteiger partial charge in [-0.1, -0.05) is 78.6 Å². The van der Waals surface area contributed by atoms with E-state index in [0.717, 1.165) is 0 Å². The van der Waals surface area contributed by atoms with Crippen molar-refractivity contribution in [2.45, 2.75) is 67.2 Å². The van der Waals surface area contributed by atoms with Crippen LogP contribution >= 0.6 is 17.0 Å². The van der Waals surface area contributed by atoms with Crippen molar-refractivity contribution in [3.8, 4) is 0 Å². The molecule has 4 heteroatoms. The van der Waals surface area contributed by atoms with E-state index in [4.69, 9.17) is 17.0 Å². The molecule has 0 N–H and O–H groups in total. The Bertz CT molecular complexity index is 1050. The summed E-state index contributed by atoms with van der Waals surface area (Å²) < 4.78 is 0. The summed E-state index contributed by atoms with van der Waals surface area (Å²) in [7, 11) is 9.87. The molecule has 0 amide bonds.